The van der Waals surface area contributed by atoms with Crippen molar-refractivity contribution >= 4 is 23.4 Å². The largest absolute Gasteiger partial charge is 0.230 e. The maximum atomic E-state index is 5.70. The molecular formula is C7H6ClNS. The first-order valence-corrected chi connectivity index (χ1v) is 4.51. The SMILES string of the molecule is Clc1ccc2c(n1)SCC2. The molecule has 1 aromatic heterocycles. The third-order valence-electron chi connectivity index (χ3n) is 1.52. The summed E-state index contributed by atoms with van der Waals surface area (Å²) in [6.45, 7) is 0. The molecule has 0 saturated heterocycles. The van der Waals surface area contributed by atoms with Crippen LogP contribution in [0.25, 0.3) is 0 Å². The van der Waals surface area contributed by atoms with Crippen LogP contribution in [0.4, 0.5) is 0 Å². The van der Waals surface area contributed by atoms with Gasteiger partial charge in [0.15, 0.2) is 0 Å². The number of thioether (sulfide) groups is 1. The van der Waals surface area contributed by atoms with Crippen molar-refractivity contribution in [3.63, 3.8) is 0 Å². The second-order valence-corrected chi connectivity index (χ2v) is 3.67. The predicted molar refractivity (Wildman–Crippen MR) is 43.7 cm³/mol. The van der Waals surface area contributed by atoms with Gasteiger partial charge in [0.25, 0.3) is 0 Å². The van der Waals surface area contributed by atoms with Crippen molar-refractivity contribution in [1.82, 2.24) is 4.98 Å². The number of aryl methyl sites for hydroxylation is 1. The Kier molecular flexibility index (Phi) is 1.58. The lowest BCUT2D eigenvalue weighted by atomic mass is 10.2. The van der Waals surface area contributed by atoms with Gasteiger partial charge >= 0.3 is 0 Å². The number of nitrogens with zero attached hydrogens (tertiary/aromatic N) is 1. The van der Waals surface area contributed by atoms with Gasteiger partial charge in [0.1, 0.15) is 10.2 Å². The second-order valence-electron chi connectivity index (χ2n) is 2.20. The van der Waals surface area contributed by atoms with Crippen LogP contribution in [-0.2, 0) is 6.42 Å². The molecule has 0 radical (unpaired) electrons. The van der Waals surface area contributed by atoms with Crippen molar-refractivity contribution in [2.75, 3.05) is 5.75 Å². The lowest BCUT2D eigenvalue weighted by Crippen LogP contribution is -1.82. The minimum Gasteiger partial charge on any atom is -0.230 e. The van der Waals surface area contributed by atoms with E-state index in [0.29, 0.717) is 5.15 Å². The molecule has 0 atom stereocenters. The molecule has 52 valence electrons. The van der Waals surface area contributed by atoms with Crippen molar-refractivity contribution in [3.05, 3.63) is 22.8 Å². The third kappa shape index (κ3) is 1.02. The van der Waals surface area contributed by atoms with E-state index in [1.807, 2.05) is 6.07 Å². The van der Waals surface area contributed by atoms with Crippen LogP contribution < -0.4 is 0 Å². The summed E-state index contributed by atoms with van der Waals surface area (Å²) >= 11 is 7.49. The van der Waals surface area contributed by atoms with Gasteiger partial charge in [-0.25, -0.2) is 4.98 Å². The topological polar surface area (TPSA) is 12.9 Å². The van der Waals surface area contributed by atoms with Gasteiger partial charge in [-0.1, -0.05) is 17.7 Å². The molecule has 2 rings (SSSR count). The van der Waals surface area contributed by atoms with Crippen LogP contribution in [0.1, 0.15) is 5.56 Å². The average Bonchev–Trinajstić information content (AvgIpc) is 2.33. The summed E-state index contributed by atoms with van der Waals surface area (Å²) in [6.07, 6.45) is 1.14. The maximum Gasteiger partial charge on any atom is 0.130 e. The Balaban J connectivity index is 2.52. The van der Waals surface area contributed by atoms with Gasteiger partial charge in [0, 0.05) is 5.75 Å². The van der Waals surface area contributed by atoms with E-state index in [4.69, 9.17) is 11.6 Å². The summed E-state index contributed by atoms with van der Waals surface area (Å²) in [7, 11) is 0. The summed E-state index contributed by atoms with van der Waals surface area (Å²) < 4.78 is 0. The molecule has 0 saturated carbocycles. The lowest BCUT2D eigenvalue weighted by molar-refractivity contribution is 1.05. The summed E-state index contributed by atoms with van der Waals surface area (Å²) in [5.74, 6) is 1.16. The quantitative estimate of drug-likeness (QED) is 0.556. The molecule has 1 aliphatic rings. The Bertz CT molecular complexity index is 262. The Morgan fingerprint density at radius 3 is 3.30 bits per heavy atom. The van der Waals surface area contributed by atoms with Crippen LogP contribution in [0.15, 0.2) is 17.2 Å². The minimum absolute atomic E-state index is 0.605. The van der Waals surface area contributed by atoms with Crippen LogP contribution in [0.5, 0.6) is 0 Å². The fourth-order valence-electron chi connectivity index (χ4n) is 1.02. The molecule has 2 heterocycles. The molecule has 1 nitrogen and oxygen atoms in total. The standard InChI is InChI=1S/C7H6ClNS/c8-6-2-1-5-3-4-10-7(5)9-6/h1-2H,3-4H2. The Hall–Kier alpha value is -0.210. The summed E-state index contributed by atoms with van der Waals surface area (Å²) in [5.41, 5.74) is 1.34. The Labute approximate surface area is 68.8 Å². The summed E-state index contributed by atoms with van der Waals surface area (Å²) in [4.78, 5) is 4.18. The molecule has 1 aromatic rings. The fourth-order valence-corrected chi connectivity index (χ4v) is 2.25. The zero-order valence-electron chi connectivity index (χ0n) is 5.30. The molecule has 0 amide bonds. The molecule has 0 N–H and O–H groups in total. The third-order valence-corrected chi connectivity index (χ3v) is 2.76. The number of halogens is 1. The van der Waals surface area contributed by atoms with Crippen LogP contribution >= 0.6 is 23.4 Å². The van der Waals surface area contributed by atoms with Crippen LogP contribution in [0.3, 0.4) is 0 Å². The molecule has 0 bridgehead atoms. The van der Waals surface area contributed by atoms with Gasteiger partial charge in [-0.05, 0) is 18.1 Å². The van der Waals surface area contributed by atoms with Gasteiger partial charge in [-0.2, -0.15) is 0 Å². The Morgan fingerprint density at radius 1 is 1.50 bits per heavy atom. The highest BCUT2D eigenvalue weighted by atomic mass is 35.5. The van der Waals surface area contributed by atoms with Gasteiger partial charge in [0.2, 0.25) is 0 Å². The van der Waals surface area contributed by atoms with Crippen molar-refractivity contribution in [2.24, 2.45) is 0 Å². The van der Waals surface area contributed by atoms with Crippen molar-refractivity contribution in [2.45, 2.75) is 11.4 Å². The van der Waals surface area contributed by atoms with Crippen molar-refractivity contribution in [3.8, 4) is 0 Å². The van der Waals surface area contributed by atoms with Crippen molar-refractivity contribution in [1.29, 1.82) is 0 Å². The van der Waals surface area contributed by atoms with Crippen LogP contribution in [0.2, 0.25) is 5.15 Å². The zero-order chi connectivity index (χ0) is 6.97. The van der Waals surface area contributed by atoms with Gasteiger partial charge in [-0.15, -0.1) is 11.8 Å². The maximum absolute atomic E-state index is 5.70. The first kappa shape index (κ1) is 6.50. The zero-order valence-corrected chi connectivity index (χ0v) is 6.87. The minimum atomic E-state index is 0.605. The summed E-state index contributed by atoms with van der Waals surface area (Å²) in [5, 5.41) is 1.72. The van der Waals surface area contributed by atoms with E-state index in [-0.39, 0.29) is 0 Å². The summed E-state index contributed by atoms with van der Waals surface area (Å²) in [6, 6.07) is 3.91. The molecule has 1 aliphatic heterocycles. The van der Waals surface area contributed by atoms with Gasteiger partial charge < -0.3 is 0 Å². The van der Waals surface area contributed by atoms with Gasteiger partial charge in [-0.3, -0.25) is 0 Å². The van der Waals surface area contributed by atoms with Crippen molar-refractivity contribution < 1.29 is 0 Å². The highest BCUT2D eigenvalue weighted by Gasteiger charge is 2.11. The van der Waals surface area contributed by atoms with E-state index in [0.717, 1.165) is 17.2 Å². The number of rotatable bonds is 0. The lowest BCUT2D eigenvalue weighted by Gasteiger charge is -1.94. The molecule has 0 fully saturated rings. The smallest absolute Gasteiger partial charge is 0.130 e. The van der Waals surface area contributed by atoms with Gasteiger partial charge in [0.05, 0.1) is 0 Å². The number of hydrogen-bond acceptors (Lipinski definition) is 2. The fraction of sp³-hybridized carbons (Fsp3) is 0.286. The monoisotopic (exact) mass is 171 g/mol. The molecule has 0 aromatic carbocycles. The molecule has 10 heavy (non-hydrogen) atoms. The van der Waals surface area contributed by atoms with Crippen LogP contribution in [-0.4, -0.2) is 10.7 Å². The van der Waals surface area contributed by atoms with E-state index < -0.39 is 0 Å². The Morgan fingerprint density at radius 2 is 2.40 bits per heavy atom. The highest BCUT2D eigenvalue weighted by molar-refractivity contribution is 7.99. The first-order chi connectivity index (χ1) is 4.86. The van der Waals surface area contributed by atoms with E-state index in [9.17, 15) is 0 Å². The number of hydrogen-bond donors (Lipinski definition) is 0. The molecule has 0 spiro atoms. The van der Waals surface area contributed by atoms with E-state index in [1.54, 1.807) is 11.8 Å². The number of fused-ring (bicyclic) bond motifs is 1. The molecule has 0 unspecified atom stereocenters. The number of aromatic nitrogens is 1. The van der Waals surface area contributed by atoms with E-state index in [2.05, 4.69) is 11.1 Å². The first-order valence-electron chi connectivity index (χ1n) is 3.14. The second kappa shape index (κ2) is 2.44. The normalized spacial score (nSPS) is 15.3. The average molecular weight is 172 g/mol. The molecular weight excluding hydrogens is 166 g/mol. The number of pyridine rings is 1. The van der Waals surface area contributed by atoms with E-state index >= 15 is 0 Å². The van der Waals surface area contributed by atoms with Crippen LogP contribution in [0, 0.1) is 0 Å². The predicted octanol–water partition coefficient (Wildman–Crippen LogP) is 2.38. The van der Waals surface area contributed by atoms with E-state index in [1.165, 1.54) is 5.56 Å². The molecule has 0 aliphatic carbocycles. The molecule has 3 heteroatoms. The highest BCUT2D eigenvalue weighted by Crippen LogP contribution is 2.29.